The molecule has 0 aromatic heterocycles. The van der Waals surface area contributed by atoms with E-state index in [0.717, 1.165) is 19.3 Å². The van der Waals surface area contributed by atoms with Crippen molar-refractivity contribution in [3.05, 3.63) is 0 Å². The molecular weight excluding hydrogens is 186 g/mol. The fourth-order valence-electron chi connectivity index (χ4n) is 2.46. The number of hydrogen-bond acceptors (Lipinski definition) is 3. The van der Waals surface area contributed by atoms with Gasteiger partial charge in [0.2, 0.25) is 0 Å². The van der Waals surface area contributed by atoms with E-state index in [4.69, 9.17) is 0 Å². The standard InChI is InChI=1S/C9H19NO2S/c1-8-5-4-6-9(8,7-10-2)13(3,11)12/h8,10H,4-7H2,1-3H3. The topological polar surface area (TPSA) is 46.2 Å². The van der Waals surface area contributed by atoms with Crippen LogP contribution in [-0.2, 0) is 9.84 Å². The van der Waals surface area contributed by atoms with Crippen LogP contribution in [0.1, 0.15) is 26.2 Å². The predicted octanol–water partition coefficient (Wildman–Crippen LogP) is 0.809. The van der Waals surface area contributed by atoms with E-state index in [-0.39, 0.29) is 5.92 Å². The summed E-state index contributed by atoms with van der Waals surface area (Å²) in [4.78, 5) is 0. The highest BCUT2D eigenvalue weighted by Crippen LogP contribution is 2.40. The van der Waals surface area contributed by atoms with Crippen molar-refractivity contribution in [2.45, 2.75) is 30.9 Å². The molecule has 0 heterocycles. The van der Waals surface area contributed by atoms with Gasteiger partial charge in [-0.1, -0.05) is 13.3 Å². The van der Waals surface area contributed by atoms with Crippen LogP contribution in [0.2, 0.25) is 0 Å². The van der Waals surface area contributed by atoms with Crippen LogP contribution in [0.25, 0.3) is 0 Å². The molecule has 1 rings (SSSR count). The fraction of sp³-hybridized carbons (Fsp3) is 1.00. The van der Waals surface area contributed by atoms with Gasteiger partial charge in [0.25, 0.3) is 0 Å². The Kier molecular flexibility index (Phi) is 3.02. The van der Waals surface area contributed by atoms with Gasteiger partial charge in [-0.05, 0) is 25.8 Å². The summed E-state index contributed by atoms with van der Waals surface area (Å²) in [6, 6.07) is 0. The minimum Gasteiger partial charge on any atom is -0.318 e. The molecule has 1 saturated carbocycles. The average Bonchev–Trinajstić information content (AvgIpc) is 2.33. The molecule has 78 valence electrons. The minimum absolute atomic E-state index is 0.287. The Balaban J connectivity index is 3.01. The van der Waals surface area contributed by atoms with Gasteiger partial charge in [-0.2, -0.15) is 0 Å². The molecule has 0 amide bonds. The Morgan fingerprint density at radius 1 is 1.54 bits per heavy atom. The molecule has 13 heavy (non-hydrogen) atoms. The van der Waals surface area contributed by atoms with E-state index in [0.29, 0.717) is 6.54 Å². The summed E-state index contributed by atoms with van der Waals surface area (Å²) < 4.78 is 22.9. The van der Waals surface area contributed by atoms with Crippen LogP contribution >= 0.6 is 0 Å². The van der Waals surface area contributed by atoms with Gasteiger partial charge < -0.3 is 5.32 Å². The van der Waals surface area contributed by atoms with Gasteiger partial charge >= 0.3 is 0 Å². The summed E-state index contributed by atoms with van der Waals surface area (Å²) in [6.07, 6.45) is 4.25. The second-order valence-corrected chi connectivity index (χ2v) is 6.52. The lowest BCUT2D eigenvalue weighted by atomic mass is 9.97. The molecule has 0 bridgehead atoms. The zero-order chi connectivity index (χ0) is 10.1. The third-order valence-electron chi connectivity index (χ3n) is 3.35. The number of hydrogen-bond donors (Lipinski definition) is 1. The van der Waals surface area contributed by atoms with Gasteiger partial charge in [0.15, 0.2) is 9.84 Å². The molecule has 1 aliphatic carbocycles. The fourth-order valence-corrected chi connectivity index (χ4v) is 4.23. The summed E-state index contributed by atoms with van der Waals surface area (Å²) in [7, 11) is -1.12. The highest BCUT2D eigenvalue weighted by atomic mass is 32.2. The van der Waals surface area contributed by atoms with E-state index >= 15 is 0 Å². The van der Waals surface area contributed by atoms with Gasteiger partial charge in [0, 0.05) is 12.8 Å². The van der Waals surface area contributed by atoms with Gasteiger partial charge in [-0.3, -0.25) is 0 Å². The first-order chi connectivity index (χ1) is 5.94. The summed E-state index contributed by atoms with van der Waals surface area (Å²) in [5, 5.41) is 3.01. The molecule has 4 heteroatoms. The molecule has 3 nitrogen and oxygen atoms in total. The molecule has 1 N–H and O–H groups in total. The van der Waals surface area contributed by atoms with Gasteiger partial charge in [-0.15, -0.1) is 0 Å². The van der Waals surface area contributed by atoms with Crippen LogP contribution in [-0.4, -0.2) is 33.0 Å². The summed E-state index contributed by atoms with van der Waals surface area (Å²) >= 11 is 0. The Morgan fingerprint density at radius 3 is 2.46 bits per heavy atom. The molecule has 0 saturated heterocycles. The first-order valence-electron chi connectivity index (χ1n) is 4.78. The lowest BCUT2D eigenvalue weighted by Crippen LogP contribution is -2.48. The van der Waals surface area contributed by atoms with E-state index < -0.39 is 14.6 Å². The molecular formula is C9H19NO2S. The second kappa shape index (κ2) is 3.58. The van der Waals surface area contributed by atoms with E-state index in [9.17, 15) is 8.42 Å². The molecule has 0 aromatic carbocycles. The van der Waals surface area contributed by atoms with Crippen LogP contribution < -0.4 is 5.32 Å². The summed E-state index contributed by atoms with van der Waals surface area (Å²) in [5.74, 6) is 0.287. The third kappa shape index (κ3) is 1.74. The molecule has 1 fully saturated rings. The van der Waals surface area contributed by atoms with Crippen LogP contribution in [0.5, 0.6) is 0 Å². The van der Waals surface area contributed by atoms with E-state index in [1.165, 1.54) is 6.26 Å². The summed E-state index contributed by atoms with van der Waals surface area (Å²) in [6.45, 7) is 2.64. The highest BCUT2D eigenvalue weighted by molar-refractivity contribution is 7.92. The average molecular weight is 205 g/mol. The lowest BCUT2D eigenvalue weighted by Gasteiger charge is -2.31. The van der Waals surface area contributed by atoms with Crippen molar-refractivity contribution < 1.29 is 8.42 Å². The largest absolute Gasteiger partial charge is 0.318 e. The molecule has 2 atom stereocenters. The Bertz CT molecular complexity index is 273. The Morgan fingerprint density at radius 2 is 2.15 bits per heavy atom. The maximum atomic E-state index is 11.7. The maximum absolute atomic E-state index is 11.7. The van der Waals surface area contributed by atoms with Crippen molar-refractivity contribution in [1.29, 1.82) is 0 Å². The molecule has 0 aromatic rings. The van der Waals surface area contributed by atoms with Crippen molar-refractivity contribution in [1.82, 2.24) is 5.32 Å². The lowest BCUT2D eigenvalue weighted by molar-refractivity contribution is 0.415. The van der Waals surface area contributed by atoms with Crippen LogP contribution in [0.4, 0.5) is 0 Å². The second-order valence-electron chi connectivity index (χ2n) is 4.16. The van der Waals surface area contributed by atoms with E-state index in [2.05, 4.69) is 5.32 Å². The van der Waals surface area contributed by atoms with Gasteiger partial charge in [0.1, 0.15) is 0 Å². The van der Waals surface area contributed by atoms with Crippen LogP contribution in [0.3, 0.4) is 0 Å². The minimum atomic E-state index is -2.94. The van der Waals surface area contributed by atoms with E-state index in [1.807, 2.05) is 14.0 Å². The summed E-state index contributed by atoms with van der Waals surface area (Å²) in [5.41, 5.74) is 0. The van der Waals surface area contributed by atoms with Crippen LogP contribution in [0, 0.1) is 5.92 Å². The zero-order valence-electron chi connectivity index (χ0n) is 8.63. The van der Waals surface area contributed by atoms with Crippen molar-refractivity contribution in [3.8, 4) is 0 Å². The number of sulfone groups is 1. The normalized spacial score (nSPS) is 35.2. The predicted molar refractivity (Wildman–Crippen MR) is 54.5 cm³/mol. The van der Waals surface area contributed by atoms with Gasteiger partial charge in [0.05, 0.1) is 4.75 Å². The smallest absolute Gasteiger partial charge is 0.154 e. The van der Waals surface area contributed by atoms with Crippen LogP contribution in [0.15, 0.2) is 0 Å². The Hall–Kier alpha value is -0.0900. The molecule has 0 aliphatic heterocycles. The SMILES string of the molecule is CNCC1(S(C)(=O)=O)CCCC1C. The molecule has 0 spiro atoms. The molecule has 0 radical (unpaired) electrons. The molecule has 2 unspecified atom stereocenters. The quantitative estimate of drug-likeness (QED) is 0.741. The number of nitrogens with one attached hydrogen (secondary N) is 1. The first-order valence-corrected chi connectivity index (χ1v) is 6.67. The van der Waals surface area contributed by atoms with Crippen molar-refractivity contribution >= 4 is 9.84 Å². The zero-order valence-corrected chi connectivity index (χ0v) is 9.45. The van der Waals surface area contributed by atoms with Crippen molar-refractivity contribution in [2.24, 2.45) is 5.92 Å². The highest BCUT2D eigenvalue weighted by Gasteiger charge is 2.47. The van der Waals surface area contributed by atoms with Gasteiger partial charge in [-0.25, -0.2) is 8.42 Å². The van der Waals surface area contributed by atoms with E-state index in [1.54, 1.807) is 0 Å². The Labute approximate surface area is 80.8 Å². The molecule has 1 aliphatic rings. The monoisotopic (exact) mass is 205 g/mol. The number of rotatable bonds is 3. The van der Waals surface area contributed by atoms with Crippen molar-refractivity contribution in [3.63, 3.8) is 0 Å². The first kappa shape index (κ1) is 11.0. The van der Waals surface area contributed by atoms with Crippen molar-refractivity contribution in [2.75, 3.05) is 19.8 Å². The maximum Gasteiger partial charge on any atom is 0.154 e. The third-order valence-corrected chi connectivity index (χ3v) is 5.58.